The Balaban J connectivity index is 1.74. The summed E-state index contributed by atoms with van der Waals surface area (Å²) in [5.41, 5.74) is 2.79. The van der Waals surface area contributed by atoms with E-state index in [1.54, 1.807) is 0 Å². The smallest absolute Gasteiger partial charge is 0.232 e. The fourth-order valence-electron chi connectivity index (χ4n) is 4.31. The molecule has 0 radical (unpaired) electrons. The number of carbonyl (C=O) groups is 1. The molecule has 4 heteroatoms. The number of nitrogens with one attached hydrogen (secondary N) is 2. The molecule has 2 fully saturated rings. The molecule has 1 amide bonds. The van der Waals surface area contributed by atoms with Crippen LogP contribution in [0.3, 0.4) is 0 Å². The second kappa shape index (κ2) is 4.05. The highest BCUT2D eigenvalue weighted by atomic mass is 16.3. The molecule has 3 aliphatic rings. The highest BCUT2D eigenvalue weighted by molar-refractivity contribution is 5.82. The van der Waals surface area contributed by atoms with Crippen LogP contribution in [-0.2, 0) is 11.2 Å². The molecule has 3 heterocycles. The van der Waals surface area contributed by atoms with E-state index in [2.05, 4.69) is 29.6 Å². The van der Waals surface area contributed by atoms with Gasteiger partial charge in [0.2, 0.25) is 5.91 Å². The third-order valence-electron chi connectivity index (χ3n) is 5.16. The minimum Gasteiger partial charge on any atom is -0.392 e. The first kappa shape index (κ1) is 11.4. The van der Waals surface area contributed by atoms with Gasteiger partial charge < -0.3 is 15.3 Å². The van der Waals surface area contributed by atoms with Crippen LogP contribution in [0.2, 0.25) is 0 Å². The third-order valence-corrected chi connectivity index (χ3v) is 5.16. The maximum atomic E-state index is 11.9. The lowest BCUT2D eigenvalue weighted by Gasteiger charge is -2.44. The summed E-state index contributed by atoms with van der Waals surface area (Å²) in [6.07, 6.45) is 1.29. The summed E-state index contributed by atoms with van der Waals surface area (Å²) in [6.45, 7) is 1.79. The normalized spacial score (nSPS) is 40.1. The van der Waals surface area contributed by atoms with Crippen LogP contribution in [0.15, 0.2) is 24.3 Å². The second-order valence-corrected chi connectivity index (χ2v) is 6.01. The van der Waals surface area contributed by atoms with Crippen LogP contribution >= 0.6 is 0 Å². The van der Waals surface area contributed by atoms with E-state index in [9.17, 15) is 9.90 Å². The van der Waals surface area contributed by atoms with E-state index in [1.165, 1.54) is 16.0 Å². The van der Waals surface area contributed by atoms with Crippen molar-refractivity contribution in [3.05, 3.63) is 35.4 Å². The summed E-state index contributed by atoms with van der Waals surface area (Å²) in [7, 11) is 0. The molecular weight excluding hydrogens is 240 g/mol. The van der Waals surface area contributed by atoms with Gasteiger partial charge in [0.25, 0.3) is 0 Å². The molecule has 0 aliphatic carbocycles. The van der Waals surface area contributed by atoms with Crippen molar-refractivity contribution < 1.29 is 14.8 Å². The highest BCUT2D eigenvalue weighted by Gasteiger charge is 2.53. The molecule has 5 atom stereocenters. The number of hydrogen-bond donors (Lipinski definition) is 3. The lowest BCUT2D eigenvalue weighted by Crippen LogP contribution is -3.19. The minimum absolute atomic E-state index is 0.0438. The second-order valence-electron chi connectivity index (χ2n) is 6.01. The van der Waals surface area contributed by atoms with E-state index >= 15 is 0 Å². The van der Waals surface area contributed by atoms with E-state index in [1.807, 2.05) is 0 Å². The predicted molar refractivity (Wildman–Crippen MR) is 69.6 cm³/mol. The van der Waals surface area contributed by atoms with Gasteiger partial charge in [-0.3, -0.25) is 4.79 Å². The summed E-state index contributed by atoms with van der Waals surface area (Å²) in [5.74, 6) is -0.154. The van der Waals surface area contributed by atoms with E-state index in [0.717, 1.165) is 13.0 Å². The average molecular weight is 259 g/mol. The first-order chi connectivity index (χ1) is 9.25. The van der Waals surface area contributed by atoms with Gasteiger partial charge in [0, 0.05) is 18.4 Å². The van der Waals surface area contributed by atoms with E-state index in [0.29, 0.717) is 19.0 Å². The number of amides is 1. The van der Waals surface area contributed by atoms with Gasteiger partial charge in [-0.15, -0.1) is 0 Å². The number of rotatable bonds is 0. The van der Waals surface area contributed by atoms with Gasteiger partial charge in [-0.2, -0.15) is 0 Å². The summed E-state index contributed by atoms with van der Waals surface area (Å²) in [6, 6.07) is 9.16. The number of hydrogen-bond acceptors (Lipinski definition) is 2. The van der Waals surface area contributed by atoms with Crippen molar-refractivity contribution in [2.45, 2.75) is 31.0 Å². The van der Waals surface area contributed by atoms with Crippen molar-refractivity contribution in [3.63, 3.8) is 0 Å². The number of aliphatic hydroxyl groups is 1. The lowest BCUT2D eigenvalue weighted by molar-refractivity contribution is -0.965. The molecule has 1 unspecified atom stereocenters. The Morgan fingerprint density at radius 2 is 2.16 bits per heavy atom. The van der Waals surface area contributed by atoms with Gasteiger partial charge in [-0.25, -0.2) is 0 Å². The quantitative estimate of drug-likeness (QED) is 0.562. The monoisotopic (exact) mass is 259 g/mol. The van der Waals surface area contributed by atoms with Gasteiger partial charge in [-0.1, -0.05) is 24.3 Å². The molecule has 0 aromatic heterocycles. The Morgan fingerprint density at radius 1 is 1.32 bits per heavy atom. The van der Waals surface area contributed by atoms with Gasteiger partial charge in [-0.05, 0) is 5.56 Å². The van der Waals surface area contributed by atoms with E-state index < -0.39 is 6.10 Å². The summed E-state index contributed by atoms with van der Waals surface area (Å²) in [4.78, 5) is 13.3. The maximum Gasteiger partial charge on any atom is 0.232 e. The molecular formula is C15H19N2O2+. The van der Waals surface area contributed by atoms with Gasteiger partial charge in [0.05, 0.1) is 19.2 Å². The fourth-order valence-corrected chi connectivity index (χ4v) is 4.31. The molecule has 4 nitrogen and oxygen atoms in total. The third kappa shape index (κ3) is 1.56. The summed E-state index contributed by atoms with van der Waals surface area (Å²) < 4.78 is 0. The van der Waals surface area contributed by atoms with E-state index in [4.69, 9.17) is 0 Å². The van der Waals surface area contributed by atoms with Crippen LogP contribution in [0.5, 0.6) is 0 Å². The van der Waals surface area contributed by atoms with Gasteiger partial charge in [0.1, 0.15) is 18.0 Å². The van der Waals surface area contributed by atoms with Crippen LogP contribution in [0.25, 0.3) is 0 Å². The zero-order chi connectivity index (χ0) is 13.0. The van der Waals surface area contributed by atoms with Crippen molar-refractivity contribution in [1.29, 1.82) is 0 Å². The standard InChI is InChI=1S/C15H18N2O2/c18-13-7-11-10-4-2-1-3-9(10)5-6-17(11)12-8-16-15(19)14(12)13/h1-4,11-14,18H,5-8H2,(H,16,19)/p+1/t11-,12-,13-,14+/m1/s1. The molecule has 100 valence electrons. The molecule has 19 heavy (non-hydrogen) atoms. The van der Waals surface area contributed by atoms with Crippen LogP contribution in [-0.4, -0.2) is 36.2 Å². The maximum absolute atomic E-state index is 11.9. The molecule has 3 aliphatic heterocycles. The number of quaternary nitrogens is 1. The number of fused-ring (bicyclic) bond motifs is 5. The van der Waals surface area contributed by atoms with Crippen molar-refractivity contribution in [3.8, 4) is 0 Å². The largest absolute Gasteiger partial charge is 0.392 e. The van der Waals surface area contributed by atoms with Crippen LogP contribution < -0.4 is 10.2 Å². The Kier molecular flexibility index (Phi) is 2.44. The van der Waals surface area contributed by atoms with Gasteiger partial charge in [0.15, 0.2) is 0 Å². The van der Waals surface area contributed by atoms with Crippen molar-refractivity contribution in [2.75, 3.05) is 13.1 Å². The topological polar surface area (TPSA) is 53.8 Å². The van der Waals surface area contributed by atoms with E-state index in [-0.39, 0.29) is 17.9 Å². The van der Waals surface area contributed by atoms with Crippen LogP contribution in [0, 0.1) is 5.92 Å². The average Bonchev–Trinajstić information content (AvgIpc) is 2.82. The highest BCUT2D eigenvalue weighted by Crippen LogP contribution is 2.31. The zero-order valence-corrected chi connectivity index (χ0v) is 10.8. The summed E-state index contributed by atoms with van der Waals surface area (Å²) in [5, 5.41) is 13.3. The minimum atomic E-state index is -0.493. The first-order valence-electron chi connectivity index (χ1n) is 7.15. The molecule has 1 aromatic rings. The number of benzene rings is 1. The van der Waals surface area contributed by atoms with Crippen molar-refractivity contribution >= 4 is 5.91 Å². The predicted octanol–water partition coefficient (Wildman–Crippen LogP) is -0.952. The van der Waals surface area contributed by atoms with Crippen molar-refractivity contribution in [2.24, 2.45) is 5.92 Å². The molecule has 1 aromatic carbocycles. The Bertz CT molecular complexity index is 531. The summed E-state index contributed by atoms with van der Waals surface area (Å²) >= 11 is 0. The first-order valence-corrected chi connectivity index (χ1v) is 7.15. The Morgan fingerprint density at radius 3 is 3.05 bits per heavy atom. The molecule has 4 rings (SSSR count). The number of piperidine rings is 1. The lowest BCUT2D eigenvalue weighted by atomic mass is 9.78. The molecule has 0 bridgehead atoms. The molecule has 0 spiro atoms. The van der Waals surface area contributed by atoms with Crippen LogP contribution in [0.1, 0.15) is 23.6 Å². The van der Waals surface area contributed by atoms with Crippen molar-refractivity contribution in [1.82, 2.24) is 5.32 Å². The molecule has 0 saturated carbocycles. The van der Waals surface area contributed by atoms with Gasteiger partial charge >= 0.3 is 0 Å². The number of aliphatic hydroxyl groups excluding tert-OH is 1. The zero-order valence-electron chi connectivity index (χ0n) is 10.8. The number of carbonyl (C=O) groups excluding carboxylic acids is 1. The van der Waals surface area contributed by atoms with Crippen LogP contribution in [0.4, 0.5) is 0 Å². The Hall–Kier alpha value is -1.39. The Labute approximate surface area is 112 Å². The fraction of sp³-hybridized carbons (Fsp3) is 0.533. The molecule has 3 N–H and O–H groups in total. The SMILES string of the molecule is O=C1NC[C@@H]2[C@H]1[C@H](O)C[C@@H]1c3ccccc3CC[NH+]12. The molecule has 2 saturated heterocycles.